The van der Waals surface area contributed by atoms with Crippen LogP contribution in [-0.4, -0.2) is 305 Å². The number of aliphatic carboxylic acids is 2. The standard InChI is InChI=1S/C33H54O52S9/c1-65-13-5-11(71-31-15(81-90(50,51)52)4-10(80-89(47,48)49)16(73-31)7-68-86(38,39)40)21(27(34)35)78-29(13)77-20-18(9-70-88(44,45)46)75-33(26(85-94(62,63)64)24(20)83-92(56,57)58)72-12-6-14(66-2)30(79-22(12)28(36)37)76-19-17(8-69-87(41,42)43)74-32(67-3)25(84-93(59,60)61)23(19)82-91(53,54)55/h10-26,29-33H,4-9H2,1-3H3,(H,34,35)(H,36,37)(H,38,39,40)(H,41,42,43)(H,44,45,46)(H,47,48,49)(H,50,51,52)(H,53,54,55)(H,56,57,58)(H,59,60,61)(H,62,63,64)/p-11/t10-,11-,12+,13+,14-,15+,16+,17+,18-,19+,20-,21-,22-,23-,24+,25+,26-,29+,30-,31-,32+,33+/m0/s1. The highest BCUT2D eigenvalue weighted by atomic mass is 32.3. The first kappa shape index (κ1) is 82.0. The van der Waals surface area contributed by atoms with E-state index >= 15 is 0 Å². The van der Waals surface area contributed by atoms with Gasteiger partial charge < -0.3 is 118 Å². The molecule has 52 nitrogen and oxygen atoms in total. The molecule has 0 aromatic rings. The quantitative estimate of drug-likeness (QED) is 0.0426. The van der Waals surface area contributed by atoms with Crippen molar-refractivity contribution in [3.05, 3.63) is 0 Å². The first-order valence-electron chi connectivity index (χ1n) is 24.2. The average molecular weight is 1560 g/mol. The van der Waals surface area contributed by atoms with Gasteiger partial charge in [0.05, 0.1) is 44.0 Å². The number of hydrogen-bond acceptors (Lipinski definition) is 52. The van der Waals surface area contributed by atoms with Gasteiger partial charge in [0.25, 0.3) is 0 Å². The van der Waals surface area contributed by atoms with E-state index in [4.69, 9.17) is 56.8 Å². The minimum atomic E-state index is -6.55. The molecule has 22 atom stereocenters. The summed E-state index contributed by atoms with van der Waals surface area (Å²) in [7, 11) is -53.1. The number of carboxylic acids is 2. The number of ether oxygens (including phenoxy) is 12. The van der Waals surface area contributed by atoms with Crippen LogP contribution in [0.3, 0.4) is 0 Å². The van der Waals surface area contributed by atoms with E-state index in [1.807, 2.05) is 0 Å². The Morgan fingerprint density at radius 3 is 0.926 bits per heavy atom. The van der Waals surface area contributed by atoms with Crippen molar-refractivity contribution < 1.29 is 231 Å². The number of carboxylic acid groups (broad SMARTS) is 2. The average Bonchev–Trinajstić information content (AvgIpc) is 0.771. The maximum atomic E-state index is 12.9. The normalized spacial score (nSPS) is 35.6. The van der Waals surface area contributed by atoms with Crippen LogP contribution in [0.5, 0.6) is 0 Å². The summed E-state index contributed by atoms with van der Waals surface area (Å²) in [5.41, 5.74) is 0. The third kappa shape index (κ3) is 26.1. The number of carbonyl (C=O) groups excluding carboxylic acids is 2. The van der Waals surface area contributed by atoms with Gasteiger partial charge in [-0.3, -0.25) is 37.6 Å². The van der Waals surface area contributed by atoms with Gasteiger partial charge in [0.1, 0.15) is 79.4 Å². The fourth-order valence-corrected chi connectivity index (χ4v) is 13.0. The van der Waals surface area contributed by atoms with Gasteiger partial charge in [0.2, 0.25) is 93.6 Å². The SMILES string of the molecule is CO[C@@H]1O[C@H](COS(=O)(=O)[O-])[C@@H](O[C@H]2O[C@H](C(=O)[O-])[C@H](O[C@@H]3O[C@@H](COS(=O)(=O)[O-])[C@H](O[C@@H]4O[C@H](C(=O)[O-])[C@@H](O[C@H]5O[C@H](COS(=O)(=O)[O-])[C@@H](OS(=O)(=O)[O-])C[C@H]5OS(=O)(=O)[O-])C[C@H]4OC)[C@@H](OS(=O)(=O)[O-])[C@@H]3OS(=O)(=O)[O-])C[C@@H]2OC)[C@H](OS(=O)(=O)[O-])[C@H]1OS(=O)(=O)[O-]. The van der Waals surface area contributed by atoms with Gasteiger partial charge in [0, 0.05) is 40.6 Å². The Morgan fingerprint density at radius 2 is 0.596 bits per heavy atom. The Kier molecular flexibility index (Phi) is 27.8. The van der Waals surface area contributed by atoms with Crippen molar-refractivity contribution in [3.63, 3.8) is 0 Å². The van der Waals surface area contributed by atoms with Crippen LogP contribution in [-0.2, 0) is 198 Å². The molecule has 0 aromatic heterocycles. The second-order valence-electron chi connectivity index (χ2n) is 18.7. The van der Waals surface area contributed by atoms with Crippen molar-refractivity contribution in [2.45, 2.75) is 154 Å². The predicted molar refractivity (Wildman–Crippen MR) is 250 cm³/mol. The lowest BCUT2D eigenvalue weighted by atomic mass is 9.96. The molecule has 552 valence electrons. The molecule has 5 aliphatic rings. The topological polar surface area (TPSA) is 789 Å². The van der Waals surface area contributed by atoms with Gasteiger partial charge >= 0.3 is 0 Å². The first-order chi connectivity index (χ1) is 42.6. The van der Waals surface area contributed by atoms with E-state index < -0.39 is 280 Å². The third-order valence-corrected chi connectivity index (χ3v) is 16.6. The molecule has 0 unspecified atom stereocenters. The van der Waals surface area contributed by atoms with Crippen molar-refractivity contribution >= 4 is 106 Å². The van der Waals surface area contributed by atoms with E-state index in [1.165, 1.54) is 0 Å². The molecule has 5 fully saturated rings. The molecule has 0 radical (unpaired) electrons. The van der Waals surface area contributed by atoms with Crippen LogP contribution in [0.1, 0.15) is 19.3 Å². The smallest absolute Gasteiger partial charge is 0.218 e. The Hall–Kier alpha value is -2.71. The number of carbonyl (C=O) groups is 2. The highest BCUT2D eigenvalue weighted by Crippen LogP contribution is 2.40. The summed E-state index contributed by atoms with van der Waals surface area (Å²) in [6, 6.07) is 0. The second kappa shape index (κ2) is 31.9. The van der Waals surface area contributed by atoms with Crippen LogP contribution in [0.4, 0.5) is 0 Å². The van der Waals surface area contributed by atoms with E-state index in [0.717, 1.165) is 0 Å². The first-order valence-corrected chi connectivity index (χ1v) is 36.2. The lowest BCUT2D eigenvalue weighted by Gasteiger charge is -2.50. The molecular formula is C33H43O52S9-11. The number of hydrogen-bond donors (Lipinski definition) is 0. The van der Waals surface area contributed by atoms with Gasteiger partial charge in [-0.05, 0) is 0 Å². The molecule has 0 saturated carbocycles. The molecule has 0 aliphatic carbocycles. The van der Waals surface area contributed by atoms with Crippen molar-refractivity contribution in [2.24, 2.45) is 0 Å². The third-order valence-electron chi connectivity index (χ3n) is 12.5. The van der Waals surface area contributed by atoms with Crippen molar-refractivity contribution in [2.75, 3.05) is 41.2 Å². The number of methoxy groups -OCH3 is 3. The fraction of sp³-hybridized carbons (Fsp3) is 0.939. The maximum absolute atomic E-state index is 12.9. The van der Waals surface area contributed by atoms with Crippen LogP contribution in [0, 0.1) is 0 Å². The molecule has 5 heterocycles. The van der Waals surface area contributed by atoms with Gasteiger partial charge in [-0.2, -0.15) is 0 Å². The summed E-state index contributed by atoms with van der Waals surface area (Å²) in [4.78, 5) is 25.7. The molecule has 5 rings (SSSR count). The van der Waals surface area contributed by atoms with Gasteiger partial charge in [-0.25, -0.2) is 75.8 Å². The van der Waals surface area contributed by atoms with E-state index in [2.05, 4.69) is 37.6 Å². The van der Waals surface area contributed by atoms with Crippen LogP contribution in [0.15, 0.2) is 0 Å². The van der Waals surface area contributed by atoms with Crippen molar-refractivity contribution in [3.8, 4) is 0 Å². The molecule has 0 aromatic carbocycles. The zero-order chi connectivity index (χ0) is 71.4. The molecule has 5 aliphatic heterocycles. The largest absolute Gasteiger partial charge is 0.726 e. The zero-order valence-corrected chi connectivity index (χ0v) is 53.2. The maximum Gasteiger partial charge on any atom is 0.218 e. The Balaban J connectivity index is 1.57. The summed E-state index contributed by atoms with van der Waals surface area (Å²) < 4.78 is 422. The molecule has 5 saturated heterocycles. The van der Waals surface area contributed by atoms with E-state index in [9.17, 15) is 137 Å². The lowest BCUT2D eigenvalue weighted by Crippen LogP contribution is -2.67. The summed E-state index contributed by atoms with van der Waals surface area (Å²) in [5.74, 6) is -5.06. The van der Waals surface area contributed by atoms with Gasteiger partial charge in [-0.15, -0.1) is 0 Å². The Morgan fingerprint density at radius 1 is 0.309 bits per heavy atom. The predicted octanol–water partition coefficient (Wildman–Crippen LogP) is -14.0. The number of rotatable bonds is 34. The minimum absolute atomic E-state index is 0.620. The van der Waals surface area contributed by atoms with Crippen LogP contribution in [0.25, 0.3) is 0 Å². The Labute approximate surface area is 529 Å². The lowest BCUT2D eigenvalue weighted by molar-refractivity contribution is -0.384. The fourth-order valence-electron chi connectivity index (χ4n) is 9.21. The molecule has 0 bridgehead atoms. The van der Waals surface area contributed by atoms with Crippen molar-refractivity contribution in [1.29, 1.82) is 0 Å². The van der Waals surface area contributed by atoms with E-state index in [-0.39, 0.29) is 0 Å². The van der Waals surface area contributed by atoms with Gasteiger partial charge in [0.15, 0.2) is 43.7 Å². The van der Waals surface area contributed by atoms with Gasteiger partial charge in [-0.1, -0.05) is 0 Å². The Bertz CT molecular complexity index is 3680. The summed E-state index contributed by atoms with van der Waals surface area (Å²) in [6.45, 7) is -5.28. The highest BCUT2D eigenvalue weighted by molar-refractivity contribution is 7.82. The molecule has 0 N–H and O–H groups in total. The molecule has 94 heavy (non-hydrogen) atoms. The van der Waals surface area contributed by atoms with Crippen LogP contribution in [0.2, 0.25) is 0 Å². The van der Waals surface area contributed by atoms with E-state index in [1.54, 1.807) is 0 Å². The minimum Gasteiger partial charge on any atom is -0.726 e. The highest BCUT2D eigenvalue weighted by Gasteiger charge is 2.58. The molecular weight excluding hydrogens is 1520 g/mol. The second-order valence-corrected chi connectivity index (χ2v) is 27.9. The summed E-state index contributed by atoms with van der Waals surface area (Å²) in [5, 5.41) is 25.7. The van der Waals surface area contributed by atoms with Crippen LogP contribution < -0.4 is 10.2 Å². The monoisotopic (exact) mass is 1560 g/mol. The molecule has 0 amide bonds. The van der Waals surface area contributed by atoms with E-state index in [0.29, 0.717) is 21.3 Å². The summed E-state index contributed by atoms with van der Waals surface area (Å²) in [6.07, 6.45) is -63.6. The van der Waals surface area contributed by atoms with Crippen LogP contribution >= 0.6 is 0 Å². The van der Waals surface area contributed by atoms with Crippen molar-refractivity contribution in [1.82, 2.24) is 0 Å². The summed E-state index contributed by atoms with van der Waals surface area (Å²) >= 11 is 0. The molecule has 0 spiro atoms. The molecule has 61 heteroatoms. The zero-order valence-electron chi connectivity index (χ0n) is 45.8.